The SMILES string of the molecule is Cc1cccc(C)c1NC(=O)NCCCc1ccc(N(C)C)cc1. The lowest BCUT2D eigenvalue weighted by atomic mass is 10.1. The van der Waals surface area contributed by atoms with Crippen LogP contribution >= 0.6 is 0 Å². The van der Waals surface area contributed by atoms with E-state index in [0.717, 1.165) is 29.7 Å². The van der Waals surface area contributed by atoms with Gasteiger partial charge in [0.25, 0.3) is 0 Å². The number of hydrogen-bond donors (Lipinski definition) is 2. The van der Waals surface area contributed by atoms with Crippen molar-refractivity contribution in [3.05, 3.63) is 59.2 Å². The third-order valence-corrected chi connectivity index (χ3v) is 4.10. The van der Waals surface area contributed by atoms with Crippen molar-refractivity contribution in [3.63, 3.8) is 0 Å². The first-order chi connectivity index (χ1) is 11.5. The molecule has 0 bridgehead atoms. The fourth-order valence-electron chi connectivity index (χ4n) is 2.62. The number of nitrogens with zero attached hydrogens (tertiary/aromatic N) is 1. The molecule has 0 aliphatic rings. The standard InChI is InChI=1S/C20H27N3O/c1-15-7-5-8-16(2)19(15)22-20(24)21-14-6-9-17-10-12-18(13-11-17)23(3)4/h5,7-8,10-13H,6,9,14H2,1-4H3,(H2,21,22,24). The van der Waals surface area contributed by atoms with E-state index in [2.05, 4.69) is 39.8 Å². The number of amides is 2. The van der Waals surface area contributed by atoms with E-state index in [1.165, 1.54) is 11.3 Å². The average Bonchev–Trinajstić information content (AvgIpc) is 2.55. The fourth-order valence-corrected chi connectivity index (χ4v) is 2.62. The van der Waals surface area contributed by atoms with Crippen LogP contribution in [0.1, 0.15) is 23.1 Å². The van der Waals surface area contributed by atoms with Crippen molar-refractivity contribution in [1.82, 2.24) is 5.32 Å². The fraction of sp³-hybridized carbons (Fsp3) is 0.350. The molecule has 0 aromatic heterocycles. The molecule has 2 aromatic carbocycles. The van der Waals surface area contributed by atoms with E-state index in [0.29, 0.717) is 6.54 Å². The number of para-hydroxylation sites is 1. The molecule has 0 radical (unpaired) electrons. The maximum absolute atomic E-state index is 12.0. The molecule has 2 amide bonds. The molecule has 2 rings (SSSR count). The number of benzene rings is 2. The van der Waals surface area contributed by atoms with Crippen LogP contribution in [0.4, 0.5) is 16.2 Å². The number of aryl methyl sites for hydroxylation is 3. The summed E-state index contributed by atoms with van der Waals surface area (Å²) < 4.78 is 0. The van der Waals surface area contributed by atoms with Gasteiger partial charge >= 0.3 is 6.03 Å². The number of carbonyl (C=O) groups is 1. The quantitative estimate of drug-likeness (QED) is 0.785. The number of carbonyl (C=O) groups excluding carboxylic acids is 1. The van der Waals surface area contributed by atoms with Crippen LogP contribution in [0.25, 0.3) is 0 Å². The topological polar surface area (TPSA) is 44.4 Å². The van der Waals surface area contributed by atoms with Crippen LogP contribution < -0.4 is 15.5 Å². The smallest absolute Gasteiger partial charge is 0.319 e. The molecular weight excluding hydrogens is 298 g/mol. The van der Waals surface area contributed by atoms with Crippen molar-refractivity contribution in [2.24, 2.45) is 0 Å². The van der Waals surface area contributed by atoms with Gasteiger partial charge in [-0.05, 0) is 55.5 Å². The summed E-state index contributed by atoms with van der Waals surface area (Å²) >= 11 is 0. The molecule has 0 aliphatic heterocycles. The Bertz CT molecular complexity index is 658. The first-order valence-corrected chi connectivity index (χ1v) is 8.34. The third kappa shape index (κ3) is 5.01. The molecule has 0 aliphatic carbocycles. The Kier molecular flexibility index (Phi) is 6.24. The first kappa shape index (κ1) is 17.9. The zero-order valence-electron chi connectivity index (χ0n) is 15.0. The monoisotopic (exact) mass is 325 g/mol. The van der Waals surface area contributed by atoms with Crippen LogP contribution in [-0.2, 0) is 6.42 Å². The van der Waals surface area contributed by atoms with Crippen molar-refractivity contribution in [2.75, 3.05) is 30.9 Å². The van der Waals surface area contributed by atoms with Gasteiger partial charge in [-0.15, -0.1) is 0 Å². The van der Waals surface area contributed by atoms with Gasteiger partial charge in [-0.1, -0.05) is 30.3 Å². The highest BCUT2D eigenvalue weighted by atomic mass is 16.2. The van der Waals surface area contributed by atoms with Gasteiger partial charge in [0, 0.05) is 32.0 Å². The van der Waals surface area contributed by atoms with Gasteiger partial charge in [-0.3, -0.25) is 0 Å². The highest BCUT2D eigenvalue weighted by Gasteiger charge is 2.06. The Hall–Kier alpha value is -2.49. The lowest BCUT2D eigenvalue weighted by molar-refractivity contribution is 0.252. The summed E-state index contributed by atoms with van der Waals surface area (Å²) in [7, 11) is 4.07. The largest absolute Gasteiger partial charge is 0.378 e. The van der Waals surface area contributed by atoms with Crippen molar-refractivity contribution >= 4 is 17.4 Å². The summed E-state index contributed by atoms with van der Waals surface area (Å²) in [6.07, 6.45) is 1.87. The number of nitrogens with one attached hydrogen (secondary N) is 2. The summed E-state index contributed by atoms with van der Waals surface area (Å²) in [4.78, 5) is 14.1. The zero-order chi connectivity index (χ0) is 17.5. The number of hydrogen-bond acceptors (Lipinski definition) is 2. The second kappa shape index (κ2) is 8.39. The van der Waals surface area contributed by atoms with Gasteiger partial charge in [-0.25, -0.2) is 4.79 Å². The van der Waals surface area contributed by atoms with E-state index in [4.69, 9.17) is 0 Å². The summed E-state index contributed by atoms with van der Waals surface area (Å²) in [5.74, 6) is 0. The van der Waals surface area contributed by atoms with Gasteiger partial charge in [0.1, 0.15) is 0 Å². The van der Waals surface area contributed by atoms with Crippen LogP contribution in [0.2, 0.25) is 0 Å². The van der Waals surface area contributed by atoms with Crippen LogP contribution in [0.5, 0.6) is 0 Å². The van der Waals surface area contributed by atoms with Gasteiger partial charge < -0.3 is 15.5 Å². The highest BCUT2D eigenvalue weighted by molar-refractivity contribution is 5.90. The van der Waals surface area contributed by atoms with Crippen LogP contribution in [0, 0.1) is 13.8 Å². The molecule has 0 unspecified atom stereocenters. The molecule has 128 valence electrons. The van der Waals surface area contributed by atoms with Crippen LogP contribution in [0.15, 0.2) is 42.5 Å². The van der Waals surface area contributed by atoms with Crippen molar-refractivity contribution in [1.29, 1.82) is 0 Å². The molecule has 2 N–H and O–H groups in total. The number of rotatable bonds is 6. The van der Waals surface area contributed by atoms with E-state index in [-0.39, 0.29) is 6.03 Å². The second-order valence-corrected chi connectivity index (χ2v) is 6.31. The minimum atomic E-state index is -0.143. The van der Waals surface area contributed by atoms with Gasteiger partial charge in [-0.2, -0.15) is 0 Å². The predicted molar refractivity (Wildman–Crippen MR) is 102 cm³/mol. The maximum Gasteiger partial charge on any atom is 0.319 e. The van der Waals surface area contributed by atoms with Gasteiger partial charge in [0.15, 0.2) is 0 Å². The molecule has 0 spiro atoms. The molecular formula is C20H27N3O. The first-order valence-electron chi connectivity index (χ1n) is 8.34. The van der Waals surface area contributed by atoms with Crippen molar-refractivity contribution < 1.29 is 4.79 Å². The van der Waals surface area contributed by atoms with E-state index in [1.807, 2.05) is 46.1 Å². The molecule has 4 nitrogen and oxygen atoms in total. The molecule has 0 saturated heterocycles. The highest BCUT2D eigenvalue weighted by Crippen LogP contribution is 2.19. The summed E-state index contributed by atoms with van der Waals surface area (Å²) in [5.41, 5.74) is 5.54. The lowest BCUT2D eigenvalue weighted by Crippen LogP contribution is -2.30. The maximum atomic E-state index is 12.0. The lowest BCUT2D eigenvalue weighted by Gasteiger charge is -2.13. The average molecular weight is 325 g/mol. The minimum Gasteiger partial charge on any atom is -0.378 e. The molecule has 24 heavy (non-hydrogen) atoms. The Morgan fingerprint density at radius 3 is 2.21 bits per heavy atom. The van der Waals surface area contributed by atoms with Crippen LogP contribution in [-0.4, -0.2) is 26.7 Å². The Balaban J connectivity index is 1.75. The zero-order valence-corrected chi connectivity index (χ0v) is 15.0. The molecule has 0 fully saturated rings. The second-order valence-electron chi connectivity index (χ2n) is 6.31. The summed E-state index contributed by atoms with van der Waals surface area (Å²) in [5, 5.41) is 5.87. The molecule has 2 aromatic rings. The van der Waals surface area contributed by atoms with Crippen LogP contribution in [0.3, 0.4) is 0 Å². The number of urea groups is 1. The molecule has 4 heteroatoms. The van der Waals surface area contributed by atoms with E-state index in [1.54, 1.807) is 0 Å². The molecule has 0 heterocycles. The molecule has 0 saturated carbocycles. The Labute approximate surface area is 144 Å². The van der Waals surface area contributed by atoms with E-state index < -0.39 is 0 Å². The van der Waals surface area contributed by atoms with Crippen molar-refractivity contribution in [3.8, 4) is 0 Å². The van der Waals surface area contributed by atoms with Gasteiger partial charge in [0.05, 0.1) is 0 Å². The van der Waals surface area contributed by atoms with Gasteiger partial charge in [0.2, 0.25) is 0 Å². The number of anilines is 2. The minimum absolute atomic E-state index is 0.143. The van der Waals surface area contributed by atoms with E-state index >= 15 is 0 Å². The summed E-state index contributed by atoms with van der Waals surface area (Å²) in [6.45, 7) is 4.66. The normalized spacial score (nSPS) is 10.3. The predicted octanol–water partition coefficient (Wildman–Crippen LogP) is 4.12. The Morgan fingerprint density at radius 1 is 1.00 bits per heavy atom. The molecule has 0 atom stereocenters. The van der Waals surface area contributed by atoms with E-state index in [9.17, 15) is 4.79 Å². The van der Waals surface area contributed by atoms with Crippen molar-refractivity contribution in [2.45, 2.75) is 26.7 Å². The summed E-state index contributed by atoms with van der Waals surface area (Å²) in [6, 6.07) is 14.4. The third-order valence-electron chi connectivity index (χ3n) is 4.10. The Morgan fingerprint density at radius 2 is 1.62 bits per heavy atom.